The molecule has 0 aromatic carbocycles. The minimum Gasteiger partial charge on any atom is -0.481 e. The molecule has 12 heavy (non-hydrogen) atoms. The topological polar surface area (TPSA) is 63.3 Å². The van der Waals surface area contributed by atoms with Gasteiger partial charge in [0.25, 0.3) is 0 Å². The number of thiophene rings is 1. The van der Waals surface area contributed by atoms with Gasteiger partial charge in [0.2, 0.25) is 0 Å². The predicted molar refractivity (Wildman–Crippen MR) is 50.7 cm³/mol. The van der Waals surface area contributed by atoms with E-state index in [1.807, 2.05) is 17.5 Å². The standard InChI is InChI=1S/C7H9NO2S.ClH/c8-5(4-7(9)10)6-2-1-3-11-6;/h1-3,5H,4,8H2,(H,9,10);1H/t5-;/m0./s1. The summed E-state index contributed by atoms with van der Waals surface area (Å²) in [4.78, 5) is 11.2. The summed E-state index contributed by atoms with van der Waals surface area (Å²) >= 11 is 1.48. The van der Waals surface area contributed by atoms with Crippen LogP contribution in [0.5, 0.6) is 0 Å². The van der Waals surface area contributed by atoms with Crippen LogP contribution in [0.25, 0.3) is 0 Å². The van der Waals surface area contributed by atoms with Crippen LogP contribution in [0.2, 0.25) is 0 Å². The van der Waals surface area contributed by atoms with Crippen molar-refractivity contribution in [1.29, 1.82) is 0 Å². The predicted octanol–water partition coefficient (Wildman–Crippen LogP) is 1.64. The zero-order valence-electron chi connectivity index (χ0n) is 6.27. The third-order valence-corrected chi connectivity index (χ3v) is 2.31. The first kappa shape index (κ1) is 11.4. The van der Waals surface area contributed by atoms with Gasteiger partial charge >= 0.3 is 5.97 Å². The summed E-state index contributed by atoms with van der Waals surface area (Å²) in [5.74, 6) is -0.856. The van der Waals surface area contributed by atoms with E-state index < -0.39 is 5.97 Å². The van der Waals surface area contributed by atoms with Crippen LogP contribution < -0.4 is 5.73 Å². The Bertz CT molecular complexity index is 238. The van der Waals surface area contributed by atoms with Crippen molar-refractivity contribution in [3.05, 3.63) is 22.4 Å². The number of carboxylic acids is 1. The van der Waals surface area contributed by atoms with E-state index in [0.29, 0.717) is 0 Å². The highest BCUT2D eigenvalue weighted by Crippen LogP contribution is 2.18. The molecule has 0 unspecified atom stereocenters. The van der Waals surface area contributed by atoms with Gasteiger partial charge < -0.3 is 10.8 Å². The molecule has 0 aliphatic carbocycles. The van der Waals surface area contributed by atoms with Crippen molar-refractivity contribution in [3.8, 4) is 0 Å². The molecule has 5 heteroatoms. The van der Waals surface area contributed by atoms with Crippen molar-refractivity contribution in [2.75, 3.05) is 0 Å². The first-order valence-electron chi connectivity index (χ1n) is 3.21. The fraction of sp³-hybridized carbons (Fsp3) is 0.286. The molecule has 1 rings (SSSR count). The Kier molecular flexibility index (Phi) is 4.89. The maximum absolute atomic E-state index is 10.2. The van der Waals surface area contributed by atoms with E-state index in [-0.39, 0.29) is 24.9 Å². The molecular formula is C7H10ClNO2S. The molecule has 1 atom stereocenters. The van der Waals surface area contributed by atoms with Crippen LogP contribution in [0.4, 0.5) is 0 Å². The Morgan fingerprint density at radius 1 is 1.75 bits per heavy atom. The van der Waals surface area contributed by atoms with Crippen LogP contribution in [-0.2, 0) is 4.79 Å². The maximum Gasteiger partial charge on any atom is 0.305 e. The SMILES string of the molecule is Cl.N[C@@H](CC(=O)O)c1cccs1. The van der Waals surface area contributed by atoms with Crippen LogP contribution in [-0.4, -0.2) is 11.1 Å². The Balaban J connectivity index is 0.00000121. The van der Waals surface area contributed by atoms with Gasteiger partial charge in [0.05, 0.1) is 6.42 Å². The van der Waals surface area contributed by atoms with E-state index >= 15 is 0 Å². The molecule has 0 saturated carbocycles. The smallest absolute Gasteiger partial charge is 0.305 e. The average molecular weight is 208 g/mol. The van der Waals surface area contributed by atoms with E-state index in [0.717, 1.165) is 4.88 Å². The molecule has 0 spiro atoms. The third kappa shape index (κ3) is 3.21. The number of aliphatic carboxylic acids is 1. The summed E-state index contributed by atoms with van der Waals surface area (Å²) in [5.41, 5.74) is 5.57. The van der Waals surface area contributed by atoms with Gasteiger partial charge in [-0.05, 0) is 11.4 Å². The molecule has 0 aliphatic rings. The molecular weight excluding hydrogens is 198 g/mol. The van der Waals surface area contributed by atoms with Gasteiger partial charge in [0, 0.05) is 10.9 Å². The van der Waals surface area contributed by atoms with Crippen LogP contribution in [0.1, 0.15) is 17.3 Å². The van der Waals surface area contributed by atoms with Gasteiger partial charge in [-0.3, -0.25) is 4.79 Å². The quantitative estimate of drug-likeness (QED) is 0.792. The van der Waals surface area contributed by atoms with Crippen LogP contribution in [0.15, 0.2) is 17.5 Å². The van der Waals surface area contributed by atoms with E-state index in [4.69, 9.17) is 10.8 Å². The minimum atomic E-state index is -0.856. The summed E-state index contributed by atoms with van der Waals surface area (Å²) in [7, 11) is 0. The molecule has 0 aliphatic heterocycles. The minimum absolute atomic E-state index is 0. The number of hydrogen-bond acceptors (Lipinski definition) is 3. The molecule has 3 nitrogen and oxygen atoms in total. The van der Waals surface area contributed by atoms with E-state index in [9.17, 15) is 4.79 Å². The van der Waals surface area contributed by atoms with Crippen molar-refractivity contribution in [3.63, 3.8) is 0 Å². The lowest BCUT2D eigenvalue weighted by Gasteiger charge is -2.03. The van der Waals surface area contributed by atoms with Crippen LogP contribution in [0.3, 0.4) is 0 Å². The Morgan fingerprint density at radius 3 is 2.83 bits per heavy atom. The van der Waals surface area contributed by atoms with Crippen molar-refractivity contribution in [1.82, 2.24) is 0 Å². The molecule has 0 radical (unpaired) electrons. The van der Waals surface area contributed by atoms with Crippen molar-refractivity contribution >= 4 is 29.7 Å². The van der Waals surface area contributed by atoms with Crippen LogP contribution in [0, 0.1) is 0 Å². The second-order valence-corrected chi connectivity index (χ2v) is 3.20. The normalized spacial score (nSPS) is 11.8. The molecule has 1 aromatic rings. The molecule has 0 saturated heterocycles. The number of carbonyl (C=O) groups is 1. The Morgan fingerprint density at radius 2 is 2.42 bits per heavy atom. The maximum atomic E-state index is 10.2. The van der Waals surface area contributed by atoms with Gasteiger partial charge in [0.15, 0.2) is 0 Å². The van der Waals surface area contributed by atoms with Gasteiger partial charge in [0.1, 0.15) is 0 Å². The molecule has 3 N–H and O–H groups in total. The van der Waals surface area contributed by atoms with Gasteiger partial charge in [-0.15, -0.1) is 23.7 Å². The average Bonchev–Trinajstić information content (AvgIpc) is 2.35. The van der Waals surface area contributed by atoms with E-state index in [2.05, 4.69) is 0 Å². The number of nitrogens with two attached hydrogens (primary N) is 1. The monoisotopic (exact) mass is 207 g/mol. The fourth-order valence-corrected chi connectivity index (χ4v) is 1.52. The summed E-state index contributed by atoms with van der Waals surface area (Å²) in [6.07, 6.45) is 0.000509. The van der Waals surface area contributed by atoms with Gasteiger partial charge in [-0.1, -0.05) is 6.07 Å². The second-order valence-electron chi connectivity index (χ2n) is 2.22. The fourth-order valence-electron chi connectivity index (χ4n) is 0.791. The highest BCUT2D eigenvalue weighted by molar-refractivity contribution is 7.10. The lowest BCUT2D eigenvalue weighted by molar-refractivity contribution is -0.137. The molecule has 0 amide bonds. The lowest BCUT2D eigenvalue weighted by atomic mass is 10.2. The van der Waals surface area contributed by atoms with Crippen molar-refractivity contribution in [2.24, 2.45) is 5.73 Å². The van der Waals surface area contributed by atoms with Crippen LogP contribution >= 0.6 is 23.7 Å². The van der Waals surface area contributed by atoms with Crippen molar-refractivity contribution in [2.45, 2.75) is 12.5 Å². The molecule has 0 bridgehead atoms. The second kappa shape index (κ2) is 5.13. The first-order valence-corrected chi connectivity index (χ1v) is 4.09. The molecule has 1 heterocycles. The van der Waals surface area contributed by atoms with E-state index in [1.165, 1.54) is 11.3 Å². The molecule has 68 valence electrons. The number of hydrogen-bond donors (Lipinski definition) is 2. The Hall–Kier alpha value is -0.580. The lowest BCUT2D eigenvalue weighted by Crippen LogP contribution is -2.13. The summed E-state index contributed by atoms with van der Waals surface area (Å²) < 4.78 is 0. The zero-order valence-corrected chi connectivity index (χ0v) is 7.90. The molecule has 0 fully saturated rings. The number of rotatable bonds is 3. The number of carboxylic acid groups (broad SMARTS) is 1. The summed E-state index contributed by atoms with van der Waals surface area (Å²) in [6.45, 7) is 0. The number of halogens is 1. The van der Waals surface area contributed by atoms with E-state index in [1.54, 1.807) is 0 Å². The highest BCUT2D eigenvalue weighted by atomic mass is 35.5. The van der Waals surface area contributed by atoms with Gasteiger partial charge in [-0.25, -0.2) is 0 Å². The zero-order chi connectivity index (χ0) is 8.27. The molecule has 1 aromatic heterocycles. The van der Waals surface area contributed by atoms with Gasteiger partial charge in [-0.2, -0.15) is 0 Å². The first-order chi connectivity index (χ1) is 5.20. The summed E-state index contributed by atoms with van der Waals surface area (Å²) in [5, 5.41) is 10.3. The van der Waals surface area contributed by atoms with Crippen molar-refractivity contribution < 1.29 is 9.90 Å². The highest BCUT2D eigenvalue weighted by Gasteiger charge is 2.10. The third-order valence-electron chi connectivity index (χ3n) is 1.30. The summed E-state index contributed by atoms with van der Waals surface area (Å²) in [6, 6.07) is 3.35. The Labute approximate surface area is 80.6 Å². The largest absolute Gasteiger partial charge is 0.481 e.